The van der Waals surface area contributed by atoms with E-state index in [-0.39, 0.29) is 5.91 Å². The minimum atomic E-state index is -0.402. The standard InChI is InChI=1S/C15H16ClN3O/c1-9-13(10(2)19-18-9)17-14(20)15(7-8-15)11-3-5-12(16)6-4-11/h3-6H,7-8H2,1-2H3,(H,17,20)(H,18,19). The number of hydrogen-bond acceptors (Lipinski definition) is 2. The van der Waals surface area contributed by atoms with Crippen molar-refractivity contribution in [3.05, 3.63) is 46.2 Å². The molecule has 20 heavy (non-hydrogen) atoms. The number of aromatic amines is 1. The van der Waals surface area contributed by atoms with Crippen LogP contribution in [-0.4, -0.2) is 16.1 Å². The van der Waals surface area contributed by atoms with Crippen molar-refractivity contribution in [2.24, 2.45) is 0 Å². The molecule has 5 heteroatoms. The van der Waals surface area contributed by atoms with Gasteiger partial charge < -0.3 is 5.32 Å². The molecule has 1 aliphatic carbocycles. The second-order valence-electron chi connectivity index (χ2n) is 5.35. The Morgan fingerprint density at radius 2 is 1.95 bits per heavy atom. The Bertz CT molecular complexity index is 637. The minimum absolute atomic E-state index is 0.0347. The van der Waals surface area contributed by atoms with Crippen LogP contribution in [0.1, 0.15) is 29.8 Å². The normalized spacial score (nSPS) is 15.9. The van der Waals surface area contributed by atoms with Crippen molar-refractivity contribution in [3.63, 3.8) is 0 Å². The number of benzene rings is 1. The SMILES string of the molecule is Cc1n[nH]c(C)c1NC(=O)C1(c2ccc(Cl)cc2)CC1. The Kier molecular flexibility index (Phi) is 3.05. The van der Waals surface area contributed by atoms with Crippen molar-refractivity contribution in [2.75, 3.05) is 5.32 Å². The van der Waals surface area contributed by atoms with Gasteiger partial charge in [0.25, 0.3) is 0 Å². The van der Waals surface area contributed by atoms with Crippen LogP contribution < -0.4 is 5.32 Å². The highest BCUT2D eigenvalue weighted by atomic mass is 35.5. The Morgan fingerprint density at radius 1 is 1.30 bits per heavy atom. The molecule has 1 saturated carbocycles. The third kappa shape index (κ3) is 2.10. The van der Waals surface area contributed by atoms with Gasteiger partial charge in [0.2, 0.25) is 5.91 Å². The molecule has 0 aliphatic heterocycles. The minimum Gasteiger partial charge on any atom is -0.322 e. The highest BCUT2D eigenvalue weighted by molar-refractivity contribution is 6.30. The van der Waals surface area contributed by atoms with Crippen molar-refractivity contribution in [3.8, 4) is 0 Å². The third-order valence-electron chi connectivity index (χ3n) is 3.95. The predicted octanol–water partition coefficient (Wildman–Crippen LogP) is 3.35. The number of H-pyrrole nitrogens is 1. The van der Waals surface area contributed by atoms with E-state index in [4.69, 9.17) is 11.6 Å². The largest absolute Gasteiger partial charge is 0.322 e. The molecular formula is C15H16ClN3O. The number of aromatic nitrogens is 2. The highest BCUT2D eigenvalue weighted by Gasteiger charge is 2.51. The fourth-order valence-corrected chi connectivity index (χ4v) is 2.63. The number of halogens is 1. The van der Waals surface area contributed by atoms with Crippen LogP contribution in [0.25, 0.3) is 0 Å². The van der Waals surface area contributed by atoms with Gasteiger partial charge in [-0.05, 0) is 44.4 Å². The molecule has 104 valence electrons. The number of anilines is 1. The van der Waals surface area contributed by atoms with Gasteiger partial charge in [-0.25, -0.2) is 0 Å². The summed E-state index contributed by atoms with van der Waals surface area (Å²) in [6, 6.07) is 7.53. The first-order valence-corrected chi connectivity index (χ1v) is 7.00. The molecule has 0 saturated heterocycles. The summed E-state index contributed by atoms with van der Waals surface area (Å²) in [5.74, 6) is 0.0347. The number of nitrogens with zero attached hydrogens (tertiary/aromatic N) is 1. The van der Waals surface area contributed by atoms with E-state index in [9.17, 15) is 4.79 Å². The maximum absolute atomic E-state index is 12.6. The van der Waals surface area contributed by atoms with Gasteiger partial charge in [0, 0.05) is 5.02 Å². The van der Waals surface area contributed by atoms with E-state index in [1.54, 1.807) is 0 Å². The molecular weight excluding hydrogens is 274 g/mol. The summed E-state index contributed by atoms with van der Waals surface area (Å²) in [6.45, 7) is 3.78. The molecule has 1 aliphatic rings. The average Bonchev–Trinajstić information content (AvgIpc) is 3.18. The first-order chi connectivity index (χ1) is 9.53. The molecule has 0 radical (unpaired) electrons. The van der Waals surface area contributed by atoms with Gasteiger partial charge >= 0.3 is 0 Å². The van der Waals surface area contributed by atoms with Crippen LogP contribution in [0.3, 0.4) is 0 Å². The zero-order valence-electron chi connectivity index (χ0n) is 11.5. The average molecular weight is 290 g/mol. The van der Waals surface area contributed by atoms with Gasteiger partial charge in [-0.3, -0.25) is 9.89 Å². The summed E-state index contributed by atoms with van der Waals surface area (Å²) >= 11 is 5.91. The molecule has 0 unspecified atom stereocenters. The summed E-state index contributed by atoms with van der Waals surface area (Å²) in [4.78, 5) is 12.6. The Labute approximate surface area is 122 Å². The first-order valence-electron chi connectivity index (χ1n) is 6.62. The third-order valence-corrected chi connectivity index (χ3v) is 4.20. The van der Waals surface area contributed by atoms with E-state index < -0.39 is 5.41 Å². The number of carbonyl (C=O) groups is 1. The van der Waals surface area contributed by atoms with Crippen LogP contribution in [-0.2, 0) is 10.2 Å². The van der Waals surface area contributed by atoms with Crippen LogP contribution >= 0.6 is 11.6 Å². The van der Waals surface area contributed by atoms with E-state index in [0.717, 1.165) is 35.5 Å². The molecule has 4 nitrogen and oxygen atoms in total. The summed E-state index contributed by atoms with van der Waals surface area (Å²) < 4.78 is 0. The molecule has 1 amide bonds. The maximum atomic E-state index is 12.6. The Morgan fingerprint density at radius 3 is 2.45 bits per heavy atom. The molecule has 1 aromatic heterocycles. The summed E-state index contributed by atoms with van der Waals surface area (Å²) in [5, 5.41) is 10.7. The maximum Gasteiger partial charge on any atom is 0.235 e. The van der Waals surface area contributed by atoms with Crippen LogP contribution in [0.5, 0.6) is 0 Å². The fourth-order valence-electron chi connectivity index (χ4n) is 2.51. The van der Waals surface area contributed by atoms with E-state index >= 15 is 0 Å². The molecule has 2 aromatic rings. The number of amides is 1. The molecule has 0 bridgehead atoms. The molecule has 2 N–H and O–H groups in total. The number of carbonyl (C=O) groups excluding carboxylic acids is 1. The molecule has 0 atom stereocenters. The van der Waals surface area contributed by atoms with Crippen LogP contribution in [0.15, 0.2) is 24.3 Å². The first kappa shape index (κ1) is 13.2. The summed E-state index contributed by atoms with van der Waals surface area (Å²) in [7, 11) is 0. The van der Waals surface area contributed by atoms with Crippen molar-refractivity contribution in [2.45, 2.75) is 32.1 Å². The summed E-state index contributed by atoms with van der Waals surface area (Å²) in [5.41, 5.74) is 3.10. The van der Waals surface area contributed by atoms with E-state index in [2.05, 4.69) is 15.5 Å². The molecule has 0 spiro atoms. The lowest BCUT2D eigenvalue weighted by atomic mass is 9.95. The monoisotopic (exact) mass is 289 g/mol. The molecule has 1 fully saturated rings. The van der Waals surface area contributed by atoms with Crippen molar-refractivity contribution >= 4 is 23.2 Å². The van der Waals surface area contributed by atoms with Gasteiger partial charge in [0.05, 0.1) is 22.5 Å². The lowest BCUT2D eigenvalue weighted by Crippen LogP contribution is -2.28. The van der Waals surface area contributed by atoms with Crippen LogP contribution in [0.4, 0.5) is 5.69 Å². The summed E-state index contributed by atoms with van der Waals surface area (Å²) in [6.07, 6.45) is 1.74. The Hall–Kier alpha value is -1.81. The number of hydrogen-bond donors (Lipinski definition) is 2. The lowest BCUT2D eigenvalue weighted by Gasteiger charge is -2.16. The van der Waals surface area contributed by atoms with Gasteiger partial charge in [0.15, 0.2) is 0 Å². The van der Waals surface area contributed by atoms with E-state index in [1.165, 1.54) is 0 Å². The second kappa shape index (κ2) is 4.63. The highest BCUT2D eigenvalue weighted by Crippen LogP contribution is 2.49. The van der Waals surface area contributed by atoms with Gasteiger partial charge in [-0.15, -0.1) is 0 Å². The van der Waals surface area contributed by atoms with Crippen molar-refractivity contribution in [1.82, 2.24) is 10.2 Å². The smallest absolute Gasteiger partial charge is 0.235 e. The predicted molar refractivity (Wildman–Crippen MR) is 79.1 cm³/mol. The number of nitrogens with one attached hydrogen (secondary N) is 2. The zero-order valence-corrected chi connectivity index (χ0v) is 12.2. The van der Waals surface area contributed by atoms with Gasteiger partial charge in [0.1, 0.15) is 0 Å². The number of rotatable bonds is 3. The quantitative estimate of drug-likeness (QED) is 0.910. The Balaban J connectivity index is 1.85. The van der Waals surface area contributed by atoms with E-state index in [0.29, 0.717) is 5.02 Å². The van der Waals surface area contributed by atoms with Crippen molar-refractivity contribution in [1.29, 1.82) is 0 Å². The van der Waals surface area contributed by atoms with Crippen LogP contribution in [0, 0.1) is 13.8 Å². The molecule has 1 heterocycles. The molecule has 3 rings (SSSR count). The van der Waals surface area contributed by atoms with Gasteiger partial charge in [-0.2, -0.15) is 5.10 Å². The van der Waals surface area contributed by atoms with E-state index in [1.807, 2.05) is 38.1 Å². The topological polar surface area (TPSA) is 57.8 Å². The van der Waals surface area contributed by atoms with Gasteiger partial charge in [-0.1, -0.05) is 23.7 Å². The lowest BCUT2D eigenvalue weighted by molar-refractivity contribution is -0.118. The second-order valence-corrected chi connectivity index (χ2v) is 5.79. The zero-order chi connectivity index (χ0) is 14.3. The fraction of sp³-hybridized carbons (Fsp3) is 0.333. The molecule has 1 aromatic carbocycles. The van der Waals surface area contributed by atoms with Crippen molar-refractivity contribution < 1.29 is 4.79 Å². The number of aryl methyl sites for hydroxylation is 2. The van der Waals surface area contributed by atoms with Crippen LogP contribution in [0.2, 0.25) is 5.02 Å².